The maximum atomic E-state index is 10.8. The van der Waals surface area contributed by atoms with Crippen molar-refractivity contribution in [2.45, 2.75) is 5.92 Å². The fourth-order valence-corrected chi connectivity index (χ4v) is 2.00. The quantitative estimate of drug-likeness (QED) is 0.612. The van der Waals surface area contributed by atoms with Crippen LogP contribution in [0.4, 0.5) is 5.69 Å². The minimum atomic E-state index is -0.346. The van der Waals surface area contributed by atoms with Crippen molar-refractivity contribution in [2.75, 3.05) is 25.5 Å². The molecule has 2 rings (SSSR count). The highest BCUT2D eigenvalue weighted by Gasteiger charge is 2.22. The van der Waals surface area contributed by atoms with Gasteiger partial charge < -0.3 is 9.32 Å². The fourth-order valence-electron chi connectivity index (χ4n) is 2.00. The van der Waals surface area contributed by atoms with E-state index in [9.17, 15) is 10.1 Å². The maximum Gasteiger partial charge on any atom is 0.217 e. The summed E-state index contributed by atoms with van der Waals surface area (Å²) < 4.78 is 5.31. The third kappa shape index (κ3) is 3.13. The SMILES string of the molecule is CN(C)c1ccc(C(C[N+](=O)[O-])c2ccco2)cc1. The van der Waals surface area contributed by atoms with Gasteiger partial charge in [-0.1, -0.05) is 12.1 Å². The summed E-state index contributed by atoms with van der Waals surface area (Å²) in [5.41, 5.74) is 1.94. The van der Waals surface area contributed by atoms with Crippen LogP contribution < -0.4 is 4.90 Å². The first-order valence-corrected chi connectivity index (χ1v) is 6.00. The molecule has 0 bridgehead atoms. The summed E-state index contributed by atoms with van der Waals surface area (Å²) in [6.07, 6.45) is 1.54. The minimum Gasteiger partial charge on any atom is -0.468 e. The van der Waals surface area contributed by atoms with Gasteiger partial charge in [0.1, 0.15) is 11.7 Å². The Morgan fingerprint density at radius 2 is 1.95 bits per heavy atom. The number of benzene rings is 1. The van der Waals surface area contributed by atoms with Gasteiger partial charge in [0.05, 0.1) is 6.26 Å². The number of rotatable bonds is 5. The maximum absolute atomic E-state index is 10.8. The summed E-state index contributed by atoms with van der Waals surface area (Å²) in [4.78, 5) is 12.5. The number of hydrogen-bond donors (Lipinski definition) is 0. The molecule has 0 saturated heterocycles. The number of anilines is 1. The van der Waals surface area contributed by atoms with Crippen molar-refractivity contribution in [3.63, 3.8) is 0 Å². The lowest BCUT2D eigenvalue weighted by Crippen LogP contribution is -2.14. The van der Waals surface area contributed by atoms with Gasteiger partial charge in [-0.3, -0.25) is 10.1 Å². The van der Waals surface area contributed by atoms with E-state index in [0.717, 1.165) is 11.3 Å². The van der Waals surface area contributed by atoms with Crippen molar-refractivity contribution in [3.8, 4) is 0 Å². The molecule has 2 aromatic rings. The predicted octanol–water partition coefficient (Wildman–Crippen LogP) is 2.75. The highest BCUT2D eigenvalue weighted by molar-refractivity contribution is 5.47. The Bertz CT molecular complexity index is 532. The van der Waals surface area contributed by atoms with Crippen LogP contribution in [0, 0.1) is 10.1 Å². The standard InChI is InChI=1S/C14H16N2O3/c1-15(2)12-7-5-11(6-8-12)13(10-16(17)18)14-4-3-9-19-14/h3-9,13H,10H2,1-2H3. The molecular weight excluding hydrogens is 244 g/mol. The van der Waals surface area contributed by atoms with Crippen molar-refractivity contribution in [1.82, 2.24) is 0 Å². The van der Waals surface area contributed by atoms with Crippen molar-refractivity contribution in [3.05, 3.63) is 64.1 Å². The number of nitrogens with zero attached hydrogens (tertiary/aromatic N) is 2. The fraction of sp³-hybridized carbons (Fsp3) is 0.286. The zero-order chi connectivity index (χ0) is 13.8. The van der Waals surface area contributed by atoms with E-state index >= 15 is 0 Å². The van der Waals surface area contributed by atoms with Gasteiger partial charge >= 0.3 is 0 Å². The summed E-state index contributed by atoms with van der Waals surface area (Å²) in [5, 5.41) is 10.8. The normalized spacial score (nSPS) is 12.1. The van der Waals surface area contributed by atoms with Gasteiger partial charge in [-0.15, -0.1) is 0 Å². The highest BCUT2D eigenvalue weighted by Crippen LogP contribution is 2.26. The van der Waals surface area contributed by atoms with Crippen LogP contribution in [0.3, 0.4) is 0 Å². The second kappa shape index (κ2) is 5.56. The number of nitro groups is 1. The van der Waals surface area contributed by atoms with Crippen LogP contribution in [0.2, 0.25) is 0 Å². The molecule has 0 saturated carbocycles. The van der Waals surface area contributed by atoms with E-state index in [0.29, 0.717) is 5.76 Å². The van der Waals surface area contributed by atoms with E-state index in [2.05, 4.69) is 0 Å². The third-order valence-electron chi connectivity index (χ3n) is 3.03. The molecule has 100 valence electrons. The van der Waals surface area contributed by atoms with Crippen molar-refractivity contribution >= 4 is 5.69 Å². The Morgan fingerprint density at radius 1 is 1.26 bits per heavy atom. The molecule has 5 nitrogen and oxygen atoms in total. The molecule has 19 heavy (non-hydrogen) atoms. The topological polar surface area (TPSA) is 59.5 Å². The van der Waals surface area contributed by atoms with E-state index in [1.165, 1.54) is 6.26 Å². The van der Waals surface area contributed by atoms with Crippen LogP contribution in [0.25, 0.3) is 0 Å². The van der Waals surface area contributed by atoms with Gasteiger partial charge in [0, 0.05) is 24.7 Å². The van der Waals surface area contributed by atoms with Crippen molar-refractivity contribution in [1.29, 1.82) is 0 Å². The number of hydrogen-bond acceptors (Lipinski definition) is 4. The Labute approximate surface area is 111 Å². The lowest BCUT2D eigenvalue weighted by Gasteiger charge is -2.15. The third-order valence-corrected chi connectivity index (χ3v) is 3.03. The zero-order valence-electron chi connectivity index (χ0n) is 10.9. The first-order chi connectivity index (χ1) is 9.08. The monoisotopic (exact) mass is 260 g/mol. The molecule has 1 aromatic carbocycles. The average Bonchev–Trinajstić information content (AvgIpc) is 2.89. The van der Waals surface area contributed by atoms with E-state index in [1.807, 2.05) is 43.3 Å². The van der Waals surface area contributed by atoms with Crippen LogP contribution >= 0.6 is 0 Å². The molecule has 0 amide bonds. The van der Waals surface area contributed by atoms with Gasteiger partial charge in [-0.2, -0.15) is 0 Å². The van der Waals surface area contributed by atoms with Crippen LogP contribution in [-0.4, -0.2) is 25.6 Å². The highest BCUT2D eigenvalue weighted by atomic mass is 16.6. The smallest absolute Gasteiger partial charge is 0.217 e. The molecule has 1 unspecified atom stereocenters. The first-order valence-electron chi connectivity index (χ1n) is 6.00. The molecule has 0 aliphatic heterocycles. The molecule has 0 aliphatic carbocycles. The number of furan rings is 1. The molecule has 0 radical (unpaired) electrons. The van der Waals surface area contributed by atoms with Crippen molar-refractivity contribution < 1.29 is 9.34 Å². The lowest BCUT2D eigenvalue weighted by atomic mass is 9.96. The van der Waals surface area contributed by atoms with Gasteiger partial charge in [0.25, 0.3) is 0 Å². The molecule has 1 aromatic heterocycles. The molecule has 0 N–H and O–H groups in total. The molecule has 1 atom stereocenters. The van der Waals surface area contributed by atoms with Gasteiger partial charge in [-0.05, 0) is 29.8 Å². The summed E-state index contributed by atoms with van der Waals surface area (Å²) in [6, 6.07) is 11.2. The van der Waals surface area contributed by atoms with Gasteiger partial charge in [0.15, 0.2) is 0 Å². The summed E-state index contributed by atoms with van der Waals surface area (Å²) in [6.45, 7) is -0.172. The Kier molecular flexibility index (Phi) is 3.85. The molecule has 0 aliphatic rings. The van der Waals surface area contributed by atoms with Crippen LogP contribution in [0.5, 0.6) is 0 Å². The molecule has 1 heterocycles. The van der Waals surface area contributed by atoms with E-state index in [4.69, 9.17) is 4.42 Å². The molecular formula is C14H16N2O3. The first kappa shape index (κ1) is 13.1. The Hall–Kier alpha value is -2.30. The van der Waals surface area contributed by atoms with E-state index in [1.54, 1.807) is 12.1 Å². The minimum absolute atomic E-state index is 0.172. The van der Waals surface area contributed by atoms with E-state index < -0.39 is 0 Å². The second-order valence-electron chi connectivity index (χ2n) is 4.57. The Morgan fingerprint density at radius 3 is 2.42 bits per heavy atom. The van der Waals surface area contributed by atoms with Crippen LogP contribution in [-0.2, 0) is 0 Å². The van der Waals surface area contributed by atoms with Gasteiger partial charge in [-0.25, -0.2) is 0 Å². The molecule has 0 fully saturated rings. The zero-order valence-corrected chi connectivity index (χ0v) is 10.9. The van der Waals surface area contributed by atoms with Crippen molar-refractivity contribution in [2.24, 2.45) is 0 Å². The summed E-state index contributed by atoms with van der Waals surface area (Å²) in [7, 11) is 3.91. The van der Waals surface area contributed by atoms with Crippen LogP contribution in [0.1, 0.15) is 17.2 Å². The molecule has 5 heteroatoms. The Balaban J connectivity index is 2.30. The summed E-state index contributed by atoms with van der Waals surface area (Å²) >= 11 is 0. The summed E-state index contributed by atoms with van der Waals surface area (Å²) in [5.74, 6) is 0.274. The average molecular weight is 260 g/mol. The predicted molar refractivity (Wildman–Crippen MR) is 73.2 cm³/mol. The largest absolute Gasteiger partial charge is 0.468 e. The van der Waals surface area contributed by atoms with Gasteiger partial charge in [0.2, 0.25) is 6.54 Å². The second-order valence-corrected chi connectivity index (χ2v) is 4.57. The van der Waals surface area contributed by atoms with E-state index in [-0.39, 0.29) is 17.4 Å². The lowest BCUT2D eigenvalue weighted by molar-refractivity contribution is -0.482. The molecule has 0 spiro atoms. The van der Waals surface area contributed by atoms with Crippen LogP contribution in [0.15, 0.2) is 47.1 Å².